The first kappa shape index (κ1) is 15.1. The Morgan fingerprint density at radius 3 is 2.13 bits per heavy atom. The lowest BCUT2D eigenvalue weighted by Crippen LogP contribution is -2.24. The van der Waals surface area contributed by atoms with Crippen molar-refractivity contribution in [1.29, 1.82) is 0 Å². The van der Waals surface area contributed by atoms with Gasteiger partial charge in [-0.05, 0) is 42.5 Å². The molecule has 1 aliphatic heterocycles. The van der Waals surface area contributed by atoms with Crippen molar-refractivity contribution in [2.75, 3.05) is 7.05 Å². The topological polar surface area (TPSA) is 77.8 Å². The molecule has 1 heterocycles. The zero-order valence-electron chi connectivity index (χ0n) is 12.7. The number of carbonyl (C=O) groups excluding carboxylic acids is 2. The molecule has 2 aromatic rings. The van der Waals surface area contributed by atoms with Crippen LogP contribution in [0.15, 0.2) is 36.4 Å². The highest BCUT2D eigenvalue weighted by Crippen LogP contribution is 2.35. The highest BCUT2D eigenvalue weighted by molar-refractivity contribution is 6.22. The van der Waals surface area contributed by atoms with Crippen LogP contribution >= 0.6 is 0 Å². The normalized spacial score (nSPS) is 15.1. The molecule has 5 nitrogen and oxygen atoms in total. The van der Waals surface area contributed by atoms with Gasteiger partial charge < -0.3 is 10.2 Å². The Kier molecular flexibility index (Phi) is 3.78. The maximum Gasteiger partial charge on any atom is 0.265 e. The lowest BCUT2D eigenvalue weighted by Gasteiger charge is -2.03. The van der Waals surface area contributed by atoms with Crippen LogP contribution in [0.5, 0.6) is 11.5 Å². The summed E-state index contributed by atoms with van der Waals surface area (Å²) in [6.07, 6.45) is 3.96. The number of imide groups is 1. The van der Waals surface area contributed by atoms with E-state index in [0.29, 0.717) is 0 Å². The van der Waals surface area contributed by atoms with Crippen LogP contribution < -0.4 is 0 Å². The summed E-state index contributed by atoms with van der Waals surface area (Å²) in [6, 6.07) is 11.2. The van der Waals surface area contributed by atoms with E-state index < -0.39 is 23.3 Å². The molecule has 0 saturated carbocycles. The second-order valence-electron chi connectivity index (χ2n) is 5.65. The van der Waals surface area contributed by atoms with E-state index in [9.17, 15) is 14.7 Å². The zero-order valence-corrected chi connectivity index (χ0v) is 12.7. The number of hydrogen-bond acceptors (Lipinski definition) is 4. The zero-order chi connectivity index (χ0) is 16.6. The summed E-state index contributed by atoms with van der Waals surface area (Å²) in [4.78, 5) is 23.7. The van der Waals surface area contributed by atoms with Gasteiger partial charge >= 0.3 is 0 Å². The molecule has 0 fully saturated rings. The number of nitrogens with zero attached hydrogens (tertiary/aromatic N) is 1. The molecule has 118 valence electrons. The minimum absolute atomic E-state index is 0.118. The van der Waals surface area contributed by atoms with Crippen LogP contribution in [-0.2, 0) is 12.8 Å². The lowest BCUT2D eigenvalue weighted by molar-refractivity contribution is 0.0692. The van der Waals surface area contributed by atoms with E-state index in [4.69, 9.17) is 5.11 Å². The Labute approximate surface area is 133 Å². The molecule has 0 spiro atoms. The predicted octanol–water partition coefficient (Wildman–Crippen LogP) is 2.50. The Morgan fingerprint density at radius 1 is 0.913 bits per heavy atom. The number of aryl methyl sites for hydroxylation is 2. The van der Waals surface area contributed by atoms with Crippen LogP contribution in [0.2, 0.25) is 0 Å². The molecule has 0 saturated heterocycles. The molecule has 4 rings (SSSR count). The number of benzene rings is 2. The fraction of sp³-hybridized carbons (Fsp3) is 0.222. The molecule has 2 aromatic carbocycles. The first-order valence-corrected chi connectivity index (χ1v) is 7.45. The Balaban J connectivity index is 0.000000149. The predicted molar refractivity (Wildman–Crippen MR) is 84.7 cm³/mol. The van der Waals surface area contributed by atoms with Crippen LogP contribution in [0.25, 0.3) is 0 Å². The van der Waals surface area contributed by atoms with E-state index >= 15 is 0 Å². The third-order valence-corrected chi connectivity index (χ3v) is 4.22. The molecule has 0 unspecified atom stereocenters. The van der Waals surface area contributed by atoms with E-state index in [1.807, 2.05) is 0 Å². The van der Waals surface area contributed by atoms with E-state index in [0.717, 1.165) is 4.90 Å². The number of rotatable bonds is 0. The van der Waals surface area contributed by atoms with Gasteiger partial charge in [-0.2, -0.15) is 0 Å². The number of phenolic OH excluding ortho intramolecular Hbond substituents is 2. The van der Waals surface area contributed by atoms with Crippen molar-refractivity contribution >= 4 is 11.8 Å². The SMILES string of the molecule is CN1C(=O)c2ccc(O)c(O)c2C1=O.c1ccc2c(c1)CCC2. The number of amides is 2. The molecule has 0 radical (unpaired) electrons. The molecule has 1 aliphatic carbocycles. The standard InChI is InChI=1S/C9H7NO4.C9H10/c1-10-8(13)4-2-3-5(11)7(12)6(4)9(10)14;1-2-5-9-7-3-6-8(9)4-1/h2-3,11-12H,1H3;1-2,4-5H,3,6-7H2. The van der Waals surface area contributed by atoms with Gasteiger partial charge in [0.05, 0.1) is 11.1 Å². The van der Waals surface area contributed by atoms with E-state index in [2.05, 4.69) is 24.3 Å². The van der Waals surface area contributed by atoms with E-state index in [-0.39, 0.29) is 11.1 Å². The first-order valence-electron chi connectivity index (χ1n) is 7.45. The van der Waals surface area contributed by atoms with Gasteiger partial charge in [0, 0.05) is 7.05 Å². The fourth-order valence-electron chi connectivity index (χ4n) is 2.93. The maximum absolute atomic E-state index is 11.4. The quantitative estimate of drug-likeness (QED) is 0.579. The molecule has 0 bridgehead atoms. The van der Waals surface area contributed by atoms with Crippen molar-refractivity contribution in [3.05, 3.63) is 58.7 Å². The Bertz CT molecular complexity index is 775. The average molecular weight is 311 g/mol. The average Bonchev–Trinajstić information content (AvgIpc) is 3.11. The van der Waals surface area contributed by atoms with Crippen LogP contribution in [-0.4, -0.2) is 34.0 Å². The van der Waals surface area contributed by atoms with Crippen LogP contribution in [0.3, 0.4) is 0 Å². The summed E-state index contributed by atoms with van der Waals surface area (Å²) in [5.74, 6) is -2.01. The van der Waals surface area contributed by atoms with Gasteiger partial charge in [-0.15, -0.1) is 0 Å². The largest absolute Gasteiger partial charge is 0.504 e. The van der Waals surface area contributed by atoms with Crippen LogP contribution in [0.4, 0.5) is 0 Å². The molecule has 5 heteroatoms. The number of phenols is 2. The van der Waals surface area contributed by atoms with Crippen molar-refractivity contribution in [2.24, 2.45) is 0 Å². The van der Waals surface area contributed by atoms with Crippen molar-refractivity contribution in [3.63, 3.8) is 0 Å². The molecular weight excluding hydrogens is 294 g/mol. The number of fused-ring (bicyclic) bond motifs is 2. The van der Waals surface area contributed by atoms with E-state index in [1.165, 1.54) is 38.4 Å². The third kappa shape index (κ3) is 2.54. The molecule has 0 aromatic heterocycles. The Morgan fingerprint density at radius 2 is 1.52 bits per heavy atom. The van der Waals surface area contributed by atoms with E-state index in [1.54, 1.807) is 11.1 Å². The number of aromatic hydroxyl groups is 2. The molecule has 2 N–H and O–H groups in total. The van der Waals surface area contributed by atoms with Gasteiger partial charge in [0.25, 0.3) is 11.8 Å². The minimum atomic E-state index is -0.599. The summed E-state index contributed by atoms with van der Waals surface area (Å²) in [5.41, 5.74) is 3.13. The molecule has 0 atom stereocenters. The summed E-state index contributed by atoms with van der Waals surface area (Å²) >= 11 is 0. The van der Waals surface area contributed by atoms with Gasteiger partial charge in [0.15, 0.2) is 11.5 Å². The highest BCUT2D eigenvalue weighted by Gasteiger charge is 2.36. The molecule has 2 amide bonds. The summed E-state index contributed by atoms with van der Waals surface area (Å²) in [6.45, 7) is 0. The highest BCUT2D eigenvalue weighted by atomic mass is 16.3. The third-order valence-electron chi connectivity index (χ3n) is 4.22. The van der Waals surface area contributed by atoms with Crippen molar-refractivity contribution in [3.8, 4) is 11.5 Å². The van der Waals surface area contributed by atoms with Gasteiger partial charge in [0.1, 0.15) is 0 Å². The number of carbonyl (C=O) groups is 2. The molecule has 2 aliphatic rings. The van der Waals surface area contributed by atoms with Crippen molar-refractivity contribution in [2.45, 2.75) is 19.3 Å². The van der Waals surface area contributed by atoms with Crippen molar-refractivity contribution in [1.82, 2.24) is 4.90 Å². The first-order chi connectivity index (χ1) is 11.0. The van der Waals surface area contributed by atoms with Gasteiger partial charge in [0.2, 0.25) is 0 Å². The molecule has 23 heavy (non-hydrogen) atoms. The monoisotopic (exact) mass is 311 g/mol. The fourth-order valence-corrected chi connectivity index (χ4v) is 2.93. The van der Waals surface area contributed by atoms with Gasteiger partial charge in [-0.1, -0.05) is 24.3 Å². The summed E-state index contributed by atoms with van der Waals surface area (Å²) in [7, 11) is 1.32. The molecular formula is C18H17NO4. The second kappa shape index (κ2) is 5.76. The summed E-state index contributed by atoms with van der Waals surface area (Å²) < 4.78 is 0. The van der Waals surface area contributed by atoms with Gasteiger partial charge in [-0.3, -0.25) is 14.5 Å². The lowest BCUT2D eigenvalue weighted by atomic mass is 10.1. The second-order valence-corrected chi connectivity index (χ2v) is 5.65. The Hall–Kier alpha value is -2.82. The maximum atomic E-state index is 11.4. The van der Waals surface area contributed by atoms with Crippen molar-refractivity contribution < 1.29 is 19.8 Å². The number of hydrogen-bond donors (Lipinski definition) is 2. The minimum Gasteiger partial charge on any atom is -0.504 e. The van der Waals surface area contributed by atoms with Gasteiger partial charge in [-0.25, -0.2) is 0 Å². The van der Waals surface area contributed by atoms with Crippen LogP contribution in [0.1, 0.15) is 38.3 Å². The summed E-state index contributed by atoms with van der Waals surface area (Å²) in [5, 5.41) is 18.5. The van der Waals surface area contributed by atoms with Crippen LogP contribution in [0, 0.1) is 0 Å². The smallest absolute Gasteiger partial charge is 0.265 e.